The van der Waals surface area contributed by atoms with Gasteiger partial charge in [-0.15, -0.1) is 11.3 Å². The molecule has 1 aromatic heterocycles. The van der Waals surface area contributed by atoms with E-state index in [9.17, 15) is 10.1 Å². The van der Waals surface area contributed by atoms with Crippen LogP contribution in [0.1, 0.15) is 55.7 Å². The topological polar surface area (TPSA) is 40.9 Å². The largest absolute Gasteiger partial charge is 0.297 e. The van der Waals surface area contributed by atoms with Gasteiger partial charge in [-0.25, -0.2) is 0 Å². The Morgan fingerprint density at radius 3 is 2.50 bits per heavy atom. The summed E-state index contributed by atoms with van der Waals surface area (Å²) in [4.78, 5) is 13.4. The Balaban J connectivity index is 2.06. The molecule has 1 heterocycles. The first-order chi connectivity index (χ1) is 8.83. The number of nitrogens with zero attached hydrogens (tertiary/aromatic N) is 1. The molecule has 0 aliphatic heterocycles. The molecular weight excluding hydrogens is 242 g/mol. The van der Waals surface area contributed by atoms with Gasteiger partial charge in [0.05, 0.1) is 6.07 Å². The normalized spacial score (nSPS) is 19.5. The van der Waals surface area contributed by atoms with Gasteiger partial charge in [-0.1, -0.05) is 38.2 Å². The molecule has 96 valence electrons. The molecule has 3 heteroatoms. The molecule has 1 aliphatic carbocycles. The molecule has 1 unspecified atom stereocenters. The number of ketones is 1. The number of thiophene rings is 1. The van der Waals surface area contributed by atoms with Crippen molar-refractivity contribution < 1.29 is 4.79 Å². The molecule has 0 radical (unpaired) electrons. The molecule has 1 aliphatic rings. The fourth-order valence-electron chi connectivity index (χ4n) is 2.70. The van der Waals surface area contributed by atoms with Crippen LogP contribution in [-0.4, -0.2) is 5.78 Å². The molecule has 1 fully saturated rings. The molecule has 2 rings (SSSR count). The second-order valence-electron chi connectivity index (χ2n) is 5.02. The van der Waals surface area contributed by atoms with Gasteiger partial charge in [0.15, 0.2) is 5.78 Å². The van der Waals surface area contributed by atoms with Crippen molar-refractivity contribution in [2.45, 2.75) is 50.9 Å². The highest BCUT2D eigenvalue weighted by atomic mass is 32.1. The lowest BCUT2D eigenvalue weighted by Gasteiger charge is -2.20. The Morgan fingerprint density at radius 2 is 1.94 bits per heavy atom. The minimum absolute atomic E-state index is 0.108. The smallest absolute Gasteiger partial charge is 0.158 e. The van der Waals surface area contributed by atoms with Crippen LogP contribution >= 0.6 is 11.3 Å². The number of Topliss-reactive ketones (excluding diaryl/α,β-unsaturated/α-hetero) is 1. The van der Waals surface area contributed by atoms with E-state index in [2.05, 4.69) is 6.07 Å². The molecule has 1 aromatic rings. The highest BCUT2D eigenvalue weighted by Gasteiger charge is 2.28. The van der Waals surface area contributed by atoms with Crippen molar-refractivity contribution in [2.24, 2.45) is 5.92 Å². The Morgan fingerprint density at radius 1 is 1.28 bits per heavy atom. The molecule has 0 N–H and O–H groups in total. The van der Waals surface area contributed by atoms with Gasteiger partial charge in [0.1, 0.15) is 5.92 Å². The first-order valence-corrected chi connectivity index (χ1v) is 7.67. The fourth-order valence-corrected chi connectivity index (χ4v) is 3.48. The Hall–Kier alpha value is -1.14. The summed E-state index contributed by atoms with van der Waals surface area (Å²) in [6.45, 7) is 0. The van der Waals surface area contributed by atoms with E-state index >= 15 is 0 Å². The predicted molar refractivity (Wildman–Crippen MR) is 73.5 cm³/mol. The van der Waals surface area contributed by atoms with Gasteiger partial charge in [0.25, 0.3) is 0 Å². The van der Waals surface area contributed by atoms with E-state index < -0.39 is 5.92 Å². The van der Waals surface area contributed by atoms with Crippen molar-refractivity contribution in [3.63, 3.8) is 0 Å². The zero-order chi connectivity index (χ0) is 12.8. The standard InChI is InChI=1S/C15H19NOS/c16-11-13(14-9-6-10-18-14)15(17)12-7-4-2-1-3-5-8-12/h6,9-10,12-13H,1-5,7-8H2. The molecule has 18 heavy (non-hydrogen) atoms. The SMILES string of the molecule is N#CC(C(=O)C1CCCCCCC1)c1cccs1. The maximum absolute atomic E-state index is 12.5. The summed E-state index contributed by atoms with van der Waals surface area (Å²) in [6.07, 6.45) is 8.00. The third-order valence-corrected chi connectivity index (χ3v) is 4.69. The van der Waals surface area contributed by atoms with Crippen LogP contribution < -0.4 is 0 Å². The van der Waals surface area contributed by atoms with Crippen LogP contribution in [0.25, 0.3) is 0 Å². The van der Waals surface area contributed by atoms with Gasteiger partial charge in [0, 0.05) is 10.8 Å². The van der Waals surface area contributed by atoms with Gasteiger partial charge in [-0.05, 0) is 24.3 Å². The maximum atomic E-state index is 12.5. The fraction of sp³-hybridized carbons (Fsp3) is 0.600. The Bertz CT molecular complexity index is 410. The first-order valence-electron chi connectivity index (χ1n) is 6.79. The summed E-state index contributed by atoms with van der Waals surface area (Å²) >= 11 is 1.51. The quantitative estimate of drug-likeness (QED) is 0.814. The van der Waals surface area contributed by atoms with E-state index in [1.807, 2.05) is 17.5 Å². The van der Waals surface area contributed by atoms with Crippen molar-refractivity contribution in [3.8, 4) is 6.07 Å². The number of hydrogen-bond donors (Lipinski definition) is 0. The average molecular weight is 261 g/mol. The van der Waals surface area contributed by atoms with Crippen molar-refractivity contribution in [3.05, 3.63) is 22.4 Å². The number of hydrogen-bond acceptors (Lipinski definition) is 3. The molecule has 0 aromatic carbocycles. The second-order valence-corrected chi connectivity index (χ2v) is 6.00. The van der Waals surface area contributed by atoms with Crippen molar-refractivity contribution in [1.82, 2.24) is 0 Å². The van der Waals surface area contributed by atoms with Crippen LogP contribution in [0.5, 0.6) is 0 Å². The van der Waals surface area contributed by atoms with E-state index in [1.54, 1.807) is 0 Å². The summed E-state index contributed by atoms with van der Waals surface area (Å²) in [5.74, 6) is -0.270. The van der Waals surface area contributed by atoms with Crippen molar-refractivity contribution >= 4 is 17.1 Å². The zero-order valence-electron chi connectivity index (χ0n) is 10.6. The Labute approximate surface area is 113 Å². The Kier molecular flexibility index (Phi) is 4.95. The maximum Gasteiger partial charge on any atom is 0.158 e. The monoisotopic (exact) mass is 261 g/mol. The third kappa shape index (κ3) is 3.20. The average Bonchev–Trinajstić information content (AvgIpc) is 2.83. The second kappa shape index (κ2) is 6.70. The summed E-state index contributed by atoms with van der Waals surface area (Å²) in [6, 6.07) is 6.01. The summed E-state index contributed by atoms with van der Waals surface area (Å²) in [5, 5.41) is 11.2. The number of carbonyl (C=O) groups excluding carboxylic acids is 1. The lowest BCUT2D eigenvalue weighted by atomic mass is 9.83. The lowest BCUT2D eigenvalue weighted by molar-refractivity contribution is -0.123. The van der Waals surface area contributed by atoms with Crippen molar-refractivity contribution in [2.75, 3.05) is 0 Å². The summed E-state index contributed by atoms with van der Waals surface area (Å²) in [7, 11) is 0. The minimum Gasteiger partial charge on any atom is -0.297 e. The third-order valence-electron chi connectivity index (χ3n) is 3.75. The van der Waals surface area contributed by atoms with Gasteiger partial charge in [-0.2, -0.15) is 5.26 Å². The molecular formula is C15H19NOS. The van der Waals surface area contributed by atoms with Gasteiger partial charge < -0.3 is 0 Å². The number of carbonyl (C=O) groups is 1. The highest BCUT2D eigenvalue weighted by Crippen LogP contribution is 2.30. The van der Waals surface area contributed by atoms with E-state index in [4.69, 9.17) is 0 Å². The molecule has 1 atom stereocenters. The van der Waals surface area contributed by atoms with Crippen LogP contribution in [0.3, 0.4) is 0 Å². The predicted octanol–water partition coefficient (Wildman–Crippen LogP) is 4.28. The zero-order valence-corrected chi connectivity index (χ0v) is 11.4. The van der Waals surface area contributed by atoms with Gasteiger partial charge in [-0.3, -0.25) is 4.79 Å². The molecule has 0 amide bonds. The van der Waals surface area contributed by atoms with E-state index in [-0.39, 0.29) is 11.7 Å². The first kappa shape index (κ1) is 13.3. The van der Waals surface area contributed by atoms with Gasteiger partial charge in [0.2, 0.25) is 0 Å². The molecule has 0 spiro atoms. The lowest BCUT2D eigenvalue weighted by Crippen LogP contribution is -2.21. The highest BCUT2D eigenvalue weighted by molar-refractivity contribution is 7.10. The van der Waals surface area contributed by atoms with Crippen LogP contribution in [0.15, 0.2) is 17.5 Å². The van der Waals surface area contributed by atoms with Crippen LogP contribution in [0, 0.1) is 17.2 Å². The number of nitriles is 1. The van der Waals surface area contributed by atoms with Crippen molar-refractivity contribution in [1.29, 1.82) is 5.26 Å². The molecule has 1 saturated carbocycles. The van der Waals surface area contributed by atoms with Crippen LogP contribution in [-0.2, 0) is 4.79 Å². The van der Waals surface area contributed by atoms with Gasteiger partial charge >= 0.3 is 0 Å². The van der Waals surface area contributed by atoms with E-state index in [1.165, 1.54) is 30.6 Å². The summed E-state index contributed by atoms with van der Waals surface area (Å²) < 4.78 is 0. The number of rotatable bonds is 3. The van der Waals surface area contributed by atoms with E-state index in [0.29, 0.717) is 0 Å². The molecule has 0 saturated heterocycles. The summed E-state index contributed by atoms with van der Waals surface area (Å²) in [5.41, 5.74) is 0. The molecule has 2 nitrogen and oxygen atoms in total. The van der Waals surface area contributed by atoms with Crippen LogP contribution in [0.4, 0.5) is 0 Å². The van der Waals surface area contributed by atoms with E-state index in [0.717, 1.165) is 30.6 Å². The minimum atomic E-state index is -0.533. The van der Waals surface area contributed by atoms with Crippen LogP contribution in [0.2, 0.25) is 0 Å². The molecule has 0 bridgehead atoms.